The summed E-state index contributed by atoms with van der Waals surface area (Å²) < 4.78 is 5.89. The lowest BCUT2D eigenvalue weighted by molar-refractivity contribution is -0.0443. The Balaban J connectivity index is 2.26. The molecule has 1 atom stereocenters. The van der Waals surface area contributed by atoms with Crippen LogP contribution in [0.5, 0.6) is 0 Å². The molecule has 0 spiro atoms. The molecule has 0 radical (unpaired) electrons. The highest BCUT2D eigenvalue weighted by Crippen LogP contribution is 2.25. The van der Waals surface area contributed by atoms with Gasteiger partial charge < -0.3 is 9.64 Å². The molecule has 106 valence electrons. The van der Waals surface area contributed by atoms with E-state index >= 15 is 0 Å². The molecule has 1 saturated heterocycles. The van der Waals surface area contributed by atoms with Gasteiger partial charge in [0.25, 0.3) is 0 Å². The molecule has 0 aromatic carbocycles. The van der Waals surface area contributed by atoms with E-state index in [4.69, 9.17) is 9.72 Å². The number of nitrogens with zero attached hydrogens (tertiary/aromatic N) is 3. The van der Waals surface area contributed by atoms with Crippen molar-refractivity contribution in [3.05, 3.63) is 17.6 Å². The Labute approximate surface area is 116 Å². The molecular formula is C15H25N3O. The zero-order valence-electron chi connectivity index (χ0n) is 12.7. The van der Waals surface area contributed by atoms with Crippen LogP contribution in [0, 0.1) is 6.92 Å². The molecule has 1 unspecified atom stereocenters. The molecule has 1 aliphatic heterocycles. The molecule has 19 heavy (non-hydrogen) atoms. The van der Waals surface area contributed by atoms with Gasteiger partial charge in [0.15, 0.2) is 0 Å². The summed E-state index contributed by atoms with van der Waals surface area (Å²) in [6, 6.07) is 2.08. The number of hydrogen-bond donors (Lipinski definition) is 0. The normalized spacial score (nSPS) is 24.0. The molecule has 0 aliphatic carbocycles. The highest BCUT2D eigenvalue weighted by Gasteiger charge is 2.31. The van der Waals surface area contributed by atoms with Gasteiger partial charge in [-0.05, 0) is 20.3 Å². The van der Waals surface area contributed by atoms with E-state index < -0.39 is 0 Å². The van der Waals surface area contributed by atoms with Gasteiger partial charge in [-0.15, -0.1) is 0 Å². The number of hydrogen-bond acceptors (Lipinski definition) is 4. The van der Waals surface area contributed by atoms with E-state index in [1.54, 1.807) is 0 Å². The number of ether oxygens (including phenoxy) is 1. The third kappa shape index (κ3) is 3.24. The van der Waals surface area contributed by atoms with Gasteiger partial charge in [-0.2, -0.15) is 0 Å². The molecule has 0 bridgehead atoms. The molecule has 0 saturated carbocycles. The minimum absolute atomic E-state index is 0.0604. The fourth-order valence-corrected chi connectivity index (χ4v) is 2.33. The Bertz CT molecular complexity index is 447. The smallest absolute Gasteiger partial charge is 0.133 e. The second-order valence-electron chi connectivity index (χ2n) is 5.95. The first-order valence-electron chi connectivity index (χ1n) is 7.18. The highest BCUT2D eigenvalue weighted by atomic mass is 16.5. The van der Waals surface area contributed by atoms with Crippen molar-refractivity contribution in [3.8, 4) is 0 Å². The van der Waals surface area contributed by atoms with Gasteiger partial charge >= 0.3 is 0 Å². The molecule has 1 aromatic heterocycles. The van der Waals surface area contributed by atoms with Gasteiger partial charge in [-0.3, -0.25) is 0 Å². The van der Waals surface area contributed by atoms with E-state index in [2.05, 4.69) is 43.6 Å². The first-order valence-corrected chi connectivity index (χ1v) is 7.18. The van der Waals surface area contributed by atoms with Crippen LogP contribution in [-0.2, 0) is 4.74 Å². The number of anilines is 1. The quantitative estimate of drug-likeness (QED) is 0.840. The van der Waals surface area contributed by atoms with Crippen LogP contribution in [0.2, 0.25) is 0 Å². The first-order chi connectivity index (χ1) is 8.93. The summed E-state index contributed by atoms with van der Waals surface area (Å²) in [4.78, 5) is 11.6. The van der Waals surface area contributed by atoms with Crippen molar-refractivity contribution in [2.75, 3.05) is 24.6 Å². The lowest BCUT2D eigenvalue weighted by Crippen LogP contribution is -2.50. The van der Waals surface area contributed by atoms with Crippen LogP contribution in [0.3, 0.4) is 0 Å². The van der Waals surface area contributed by atoms with Crippen molar-refractivity contribution in [2.45, 2.75) is 52.6 Å². The van der Waals surface area contributed by atoms with Crippen molar-refractivity contribution in [3.63, 3.8) is 0 Å². The summed E-state index contributed by atoms with van der Waals surface area (Å²) in [5.41, 5.74) is 0.980. The largest absolute Gasteiger partial charge is 0.372 e. The lowest BCUT2D eigenvalue weighted by atomic mass is 10.0. The third-order valence-electron chi connectivity index (χ3n) is 3.78. The highest BCUT2D eigenvalue weighted by molar-refractivity contribution is 5.41. The molecule has 2 heterocycles. The second-order valence-corrected chi connectivity index (χ2v) is 5.95. The summed E-state index contributed by atoms with van der Waals surface area (Å²) in [6.07, 6.45) is 1.02. The summed E-state index contributed by atoms with van der Waals surface area (Å²) >= 11 is 0. The van der Waals surface area contributed by atoms with E-state index in [-0.39, 0.29) is 5.60 Å². The van der Waals surface area contributed by atoms with Crippen molar-refractivity contribution in [1.82, 2.24) is 9.97 Å². The van der Waals surface area contributed by atoms with Crippen LogP contribution in [0.4, 0.5) is 5.82 Å². The van der Waals surface area contributed by atoms with E-state index in [9.17, 15) is 0 Å². The van der Waals surface area contributed by atoms with E-state index in [1.807, 2.05) is 6.92 Å². The fraction of sp³-hybridized carbons (Fsp3) is 0.733. The molecule has 0 N–H and O–H groups in total. The van der Waals surface area contributed by atoms with E-state index in [0.717, 1.165) is 43.5 Å². The Morgan fingerprint density at radius 3 is 2.79 bits per heavy atom. The molecule has 2 rings (SSSR count). The summed E-state index contributed by atoms with van der Waals surface area (Å²) in [6.45, 7) is 13.2. The van der Waals surface area contributed by atoms with Crippen molar-refractivity contribution in [1.29, 1.82) is 0 Å². The van der Waals surface area contributed by atoms with Gasteiger partial charge in [0.05, 0.1) is 12.2 Å². The number of aromatic nitrogens is 2. The zero-order valence-corrected chi connectivity index (χ0v) is 12.7. The second kappa shape index (κ2) is 5.45. The topological polar surface area (TPSA) is 38.2 Å². The van der Waals surface area contributed by atoms with Crippen LogP contribution in [0.1, 0.15) is 51.6 Å². The Kier molecular flexibility index (Phi) is 4.09. The summed E-state index contributed by atoms with van der Waals surface area (Å²) in [7, 11) is 0. The van der Waals surface area contributed by atoms with Crippen LogP contribution in [0.15, 0.2) is 6.07 Å². The molecule has 0 amide bonds. The predicted molar refractivity (Wildman–Crippen MR) is 77.7 cm³/mol. The predicted octanol–water partition coefficient (Wildman–Crippen LogP) is 2.91. The maximum Gasteiger partial charge on any atom is 0.133 e. The van der Waals surface area contributed by atoms with Gasteiger partial charge in [0, 0.05) is 30.8 Å². The van der Waals surface area contributed by atoms with E-state index in [1.165, 1.54) is 0 Å². The minimum Gasteiger partial charge on any atom is -0.372 e. The van der Waals surface area contributed by atoms with Crippen molar-refractivity contribution in [2.24, 2.45) is 0 Å². The monoisotopic (exact) mass is 263 g/mol. The fourth-order valence-electron chi connectivity index (χ4n) is 2.33. The number of rotatable bonds is 3. The lowest BCUT2D eigenvalue weighted by Gasteiger charge is -2.40. The average molecular weight is 263 g/mol. The van der Waals surface area contributed by atoms with Crippen LogP contribution in [0.25, 0.3) is 0 Å². The molecule has 1 fully saturated rings. The number of aryl methyl sites for hydroxylation is 1. The van der Waals surface area contributed by atoms with Crippen LogP contribution >= 0.6 is 0 Å². The third-order valence-corrected chi connectivity index (χ3v) is 3.78. The number of morpholine rings is 1. The van der Waals surface area contributed by atoms with E-state index in [0.29, 0.717) is 5.92 Å². The summed E-state index contributed by atoms with van der Waals surface area (Å²) in [5, 5.41) is 0. The first kappa shape index (κ1) is 14.3. The standard InChI is InChI=1S/C15H25N3O/c1-6-15(5)10-18(7-8-19-15)13-9-12(4)16-14(17-13)11(2)3/h9,11H,6-8,10H2,1-5H3. The Hall–Kier alpha value is -1.16. The molecule has 4 heteroatoms. The Morgan fingerprint density at radius 2 is 2.16 bits per heavy atom. The summed E-state index contributed by atoms with van der Waals surface area (Å²) in [5.74, 6) is 2.33. The Morgan fingerprint density at radius 1 is 1.42 bits per heavy atom. The average Bonchev–Trinajstić information content (AvgIpc) is 2.38. The van der Waals surface area contributed by atoms with Crippen LogP contribution < -0.4 is 4.90 Å². The van der Waals surface area contributed by atoms with Gasteiger partial charge in [-0.25, -0.2) is 9.97 Å². The van der Waals surface area contributed by atoms with Crippen molar-refractivity contribution < 1.29 is 4.74 Å². The zero-order chi connectivity index (χ0) is 14.0. The SMILES string of the molecule is CCC1(C)CN(c2cc(C)nc(C(C)C)n2)CCO1. The molecule has 1 aromatic rings. The molecule has 4 nitrogen and oxygen atoms in total. The minimum atomic E-state index is -0.0604. The van der Waals surface area contributed by atoms with Crippen molar-refractivity contribution >= 4 is 5.82 Å². The maximum atomic E-state index is 5.89. The molecular weight excluding hydrogens is 238 g/mol. The van der Waals surface area contributed by atoms with Gasteiger partial charge in [-0.1, -0.05) is 20.8 Å². The molecule has 1 aliphatic rings. The van der Waals surface area contributed by atoms with Gasteiger partial charge in [0.2, 0.25) is 0 Å². The van der Waals surface area contributed by atoms with Crippen LogP contribution in [-0.4, -0.2) is 35.3 Å². The maximum absolute atomic E-state index is 5.89. The van der Waals surface area contributed by atoms with Gasteiger partial charge in [0.1, 0.15) is 11.6 Å².